The van der Waals surface area contributed by atoms with Crippen molar-refractivity contribution >= 4 is 12.0 Å². The molecule has 2 saturated heterocycles. The van der Waals surface area contributed by atoms with E-state index in [2.05, 4.69) is 4.90 Å². The highest BCUT2D eigenvalue weighted by atomic mass is 19.4. The average molecular weight is 541 g/mol. The first kappa shape index (κ1) is 26.9. The van der Waals surface area contributed by atoms with Crippen LogP contribution in [0, 0.1) is 5.82 Å². The van der Waals surface area contributed by atoms with Crippen molar-refractivity contribution in [2.45, 2.75) is 37.9 Å². The van der Waals surface area contributed by atoms with Crippen LogP contribution in [0.15, 0.2) is 66.7 Å². The summed E-state index contributed by atoms with van der Waals surface area (Å²) in [6.07, 6.45) is -2.09. The summed E-state index contributed by atoms with van der Waals surface area (Å²) in [4.78, 5) is 28.0. The summed E-state index contributed by atoms with van der Waals surface area (Å²) in [6.45, 7) is 1.98. The van der Waals surface area contributed by atoms with E-state index in [1.165, 1.54) is 24.3 Å². The number of rotatable bonds is 6. The molecule has 1 unspecified atom stereocenters. The van der Waals surface area contributed by atoms with Crippen molar-refractivity contribution in [2.24, 2.45) is 0 Å². The standard InChI is InChI=1S/C30H28F4N2O3/c31-24-11-7-22(8-12-24)28(35-14-2-1-3-15-35)25-13-4-20(19-27(37)36-16-17-39-29(36)38)18-26(25)21-5-9-23(10-6-21)30(32,33)34/h4-13,18,28H,1-3,14-17,19H2. The molecule has 2 aliphatic rings. The smallest absolute Gasteiger partial charge is 0.416 e. The Labute approximate surface area is 224 Å². The van der Waals surface area contributed by atoms with Crippen LogP contribution in [0.25, 0.3) is 11.1 Å². The van der Waals surface area contributed by atoms with Gasteiger partial charge in [0.1, 0.15) is 12.4 Å². The molecule has 2 fully saturated rings. The number of hydrogen-bond donors (Lipinski definition) is 0. The summed E-state index contributed by atoms with van der Waals surface area (Å²) in [5, 5.41) is 0. The SMILES string of the molecule is O=C(Cc1ccc(C(c2ccc(F)cc2)N2CCCCC2)c(-c2ccc(C(F)(F)F)cc2)c1)N1CCOC1=O. The number of piperidine rings is 1. The lowest BCUT2D eigenvalue weighted by molar-refractivity contribution is -0.137. The number of alkyl halides is 3. The van der Waals surface area contributed by atoms with E-state index < -0.39 is 23.7 Å². The van der Waals surface area contributed by atoms with Gasteiger partial charge in [-0.3, -0.25) is 9.69 Å². The lowest BCUT2D eigenvalue weighted by Crippen LogP contribution is -2.35. The van der Waals surface area contributed by atoms with Crippen LogP contribution < -0.4 is 0 Å². The van der Waals surface area contributed by atoms with E-state index in [9.17, 15) is 27.2 Å². The Kier molecular flexibility index (Phi) is 7.70. The second-order valence-corrected chi connectivity index (χ2v) is 9.88. The van der Waals surface area contributed by atoms with Gasteiger partial charge in [0.25, 0.3) is 0 Å². The molecule has 0 N–H and O–H groups in total. The van der Waals surface area contributed by atoms with E-state index in [4.69, 9.17) is 4.74 Å². The Morgan fingerprint density at radius 1 is 0.897 bits per heavy atom. The van der Waals surface area contributed by atoms with E-state index in [-0.39, 0.29) is 31.4 Å². The van der Waals surface area contributed by atoms with Crippen molar-refractivity contribution in [2.75, 3.05) is 26.2 Å². The molecular weight excluding hydrogens is 512 g/mol. The molecule has 2 heterocycles. The van der Waals surface area contributed by atoms with Crippen LogP contribution >= 0.6 is 0 Å². The van der Waals surface area contributed by atoms with Crippen molar-refractivity contribution in [3.8, 4) is 11.1 Å². The number of carbonyl (C=O) groups excluding carboxylic acids is 2. The van der Waals surface area contributed by atoms with Crippen molar-refractivity contribution in [1.82, 2.24) is 9.80 Å². The fourth-order valence-electron chi connectivity index (χ4n) is 5.34. The third-order valence-electron chi connectivity index (χ3n) is 7.29. The van der Waals surface area contributed by atoms with E-state index in [1.54, 1.807) is 18.2 Å². The molecule has 2 amide bonds. The molecule has 0 spiro atoms. The zero-order chi connectivity index (χ0) is 27.6. The maximum absolute atomic E-state index is 13.8. The minimum atomic E-state index is -4.47. The Morgan fingerprint density at radius 3 is 2.21 bits per heavy atom. The van der Waals surface area contributed by atoms with Gasteiger partial charge in [-0.05, 0) is 78.0 Å². The number of ether oxygens (including phenoxy) is 1. The number of cyclic esters (lactones) is 1. The largest absolute Gasteiger partial charge is 0.447 e. The number of hydrogen-bond acceptors (Lipinski definition) is 4. The van der Waals surface area contributed by atoms with Gasteiger partial charge in [-0.1, -0.05) is 48.9 Å². The van der Waals surface area contributed by atoms with E-state index in [1.807, 2.05) is 12.1 Å². The zero-order valence-electron chi connectivity index (χ0n) is 21.2. The number of halogens is 4. The predicted molar refractivity (Wildman–Crippen MR) is 137 cm³/mol. The van der Waals surface area contributed by atoms with Crippen LogP contribution in [0.3, 0.4) is 0 Å². The van der Waals surface area contributed by atoms with Crippen molar-refractivity contribution in [3.05, 3.63) is 94.8 Å². The van der Waals surface area contributed by atoms with Gasteiger partial charge in [0.15, 0.2) is 0 Å². The fraction of sp³-hybridized carbons (Fsp3) is 0.333. The number of amides is 2. The van der Waals surface area contributed by atoms with Gasteiger partial charge < -0.3 is 4.74 Å². The van der Waals surface area contributed by atoms with Crippen LogP contribution in [-0.2, 0) is 22.1 Å². The molecule has 0 saturated carbocycles. The predicted octanol–water partition coefficient (Wildman–Crippen LogP) is 6.61. The first-order valence-electron chi connectivity index (χ1n) is 13.0. The average Bonchev–Trinajstić information content (AvgIpc) is 3.37. The molecule has 0 radical (unpaired) electrons. The molecule has 39 heavy (non-hydrogen) atoms. The van der Waals surface area contributed by atoms with E-state index in [0.29, 0.717) is 16.7 Å². The molecule has 3 aromatic carbocycles. The van der Waals surface area contributed by atoms with Gasteiger partial charge in [0.05, 0.1) is 24.6 Å². The lowest BCUT2D eigenvalue weighted by Gasteiger charge is -2.36. The summed E-state index contributed by atoms with van der Waals surface area (Å²) >= 11 is 0. The summed E-state index contributed by atoms with van der Waals surface area (Å²) < 4.78 is 58.6. The number of likely N-dealkylation sites (tertiary alicyclic amines) is 1. The summed E-state index contributed by atoms with van der Waals surface area (Å²) in [7, 11) is 0. The van der Waals surface area contributed by atoms with Crippen LogP contribution in [0.2, 0.25) is 0 Å². The Morgan fingerprint density at radius 2 is 1.59 bits per heavy atom. The van der Waals surface area contributed by atoms with Crippen molar-refractivity contribution < 1.29 is 31.9 Å². The highest BCUT2D eigenvalue weighted by Gasteiger charge is 2.32. The molecule has 2 aliphatic heterocycles. The Hall–Kier alpha value is -3.72. The number of nitrogens with zero attached hydrogens (tertiary/aromatic N) is 2. The van der Waals surface area contributed by atoms with E-state index in [0.717, 1.165) is 60.5 Å². The number of imide groups is 1. The minimum absolute atomic E-state index is 0.0616. The molecule has 0 aliphatic carbocycles. The summed E-state index contributed by atoms with van der Waals surface area (Å²) in [5.41, 5.74) is 2.83. The maximum Gasteiger partial charge on any atom is 0.416 e. The second-order valence-electron chi connectivity index (χ2n) is 9.88. The lowest BCUT2D eigenvalue weighted by atomic mass is 9.87. The first-order valence-corrected chi connectivity index (χ1v) is 13.0. The van der Waals surface area contributed by atoms with E-state index >= 15 is 0 Å². The molecule has 0 bridgehead atoms. The monoisotopic (exact) mass is 540 g/mol. The van der Waals surface area contributed by atoms with Crippen LogP contribution in [0.4, 0.5) is 22.4 Å². The highest BCUT2D eigenvalue weighted by molar-refractivity contribution is 5.94. The molecule has 9 heteroatoms. The topological polar surface area (TPSA) is 49.9 Å². The molecule has 0 aromatic heterocycles. The normalized spacial score (nSPS) is 17.2. The van der Waals surface area contributed by atoms with Gasteiger partial charge in [-0.25, -0.2) is 14.1 Å². The molecule has 3 aromatic rings. The third-order valence-corrected chi connectivity index (χ3v) is 7.29. The van der Waals surface area contributed by atoms with Crippen LogP contribution in [0.5, 0.6) is 0 Å². The highest BCUT2D eigenvalue weighted by Crippen LogP contribution is 2.39. The third kappa shape index (κ3) is 5.98. The summed E-state index contributed by atoms with van der Waals surface area (Å²) in [5.74, 6) is -0.761. The molecular formula is C30H28F4N2O3. The van der Waals surface area contributed by atoms with Gasteiger partial charge in [0.2, 0.25) is 5.91 Å². The maximum atomic E-state index is 13.8. The van der Waals surface area contributed by atoms with Gasteiger partial charge in [-0.15, -0.1) is 0 Å². The van der Waals surface area contributed by atoms with Gasteiger partial charge in [-0.2, -0.15) is 13.2 Å². The quantitative estimate of drug-likeness (QED) is 0.330. The molecule has 5 nitrogen and oxygen atoms in total. The number of carbonyl (C=O) groups is 2. The van der Waals surface area contributed by atoms with Crippen molar-refractivity contribution in [1.29, 1.82) is 0 Å². The second kappa shape index (κ2) is 11.2. The summed E-state index contributed by atoms with van der Waals surface area (Å²) in [6, 6.07) is 16.5. The Balaban J connectivity index is 1.59. The fourth-order valence-corrected chi connectivity index (χ4v) is 5.34. The van der Waals surface area contributed by atoms with Crippen LogP contribution in [-0.4, -0.2) is 48.0 Å². The molecule has 1 atom stereocenters. The Bertz CT molecular complexity index is 1330. The zero-order valence-corrected chi connectivity index (χ0v) is 21.2. The van der Waals surface area contributed by atoms with Crippen molar-refractivity contribution in [3.63, 3.8) is 0 Å². The first-order chi connectivity index (χ1) is 18.7. The minimum Gasteiger partial charge on any atom is -0.447 e. The van der Waals surface area contributed by atoms with Crippen LogP contribution in [0.1, 0.15) is 47.6 Å². The van der Waals surface area contributed by atoms with Gasteiger partial charge in [0, 0.05) is 0 Å². The molecule has 204 valence electrons. The number of benzene rings is 3. The molecule has 5 rings (SSSR count). The van der Waals surface area contributed by atoms with Gasteiger partial charge >= 0.3 is 12.3 Å².